The van der Waals surface area contributed by atoms with Crippen LogP contribution in [0.25, 0.3) is 0 Å². The van der Waals surface area contributed by atoms with Crippen LogP contribution in [0.1, 0.15) is 64.2 Å². The van der Waals surface area contributed by atoms with Crippen molar-refractivity contribution >= 4 is 19.9 Å². The van der Waals surface area contributed by atoms with Crippen molar-refractivity contribution < 1.29 is 0 Å². The molecule has 0 atom stereocenters. The smallest absolute Gasteiger partial charge is 0.0136 e. The van der Waals surface area contributed by atoms with Crippen LogP contribution in [0.2, 0.25) is 0 Å². The van der Waals surface area contributed by atoms with Gasteiger partial charge >= 0.3 is 0 Å². The molecule has 2 aliphatic rings. The van der Waals surface area contributed by atoms with E-state index in [1.807, 2.05) is 0 Å². The van der Waals surface area contributed by atoms with Crippen LogP contribution < -0.4 is 0 Å². The summed E-state index contributed by atoms with van der Waals surface area (Å²) < 4.78 is 0. The molecule has 2 heteroatoms. The van der Waals surface area contributed by atoms with Gasteiger partial charge in [-0.15, -0.1) is 10.8 Å². The Morgan fingerprint density at radius 3 is 1.81 bits per heavy atom. The van der Waals surface area contributed by atoms with Crippen LogP contribution in [0.5, 0.6) is 0 Å². The Morgan fingerprint density at radius 1 is 0.750 bits per heavy atom. The fraction of sp³-hybridized carbons (Fsp3) is 1.00. The molecule has 2 saturated carbocycles. The lowest BCUT2D eigenvalue weighted by Crippen LogP contribution is -2.20. The number of rotatable bonds is 3. The second kappa shape index (κ2) is 6.04. The van der Waals surface area contributed by atoms with Crippen LogP contribution in [0, 0.1) is 0 Å². The largest absolute Gasteiger partial charge is 0.195 e. The molecule has 0 bridgehead atoms. The highest BCUT2D eigenvalue weighted by molar-refractivity contribution is 8.94. The molecule has 16 heavy (non-hydrogen) atoms. The van der Waals surface area contributed by atoms with Crippen LogP contribution in [-0.2, 0) is 0 Å². The maximum absolute atomic E-state index is 2.60. The summed E-state index contributed by atoms with van der Waals surface area (Å²) in [7, 11) is 2.05. The van der Waals surface area contributed by atoms with Gasteiger partial charge in [-0.1, -0.05) is 38.5 Å². The zero-order valence-corrected chi connectivity index (χ0v) is 12.7. The lowest BCUT2D eigenvalue weighted by atomic mass is 10.0. The van der Waals surface area contributed by atoms with Gasteiger partial charge in [0.15, 0.2) is 0 Å². The summed E-state index contributed by atoms with van der Waals surface area (Å²) in [5.74, 6) is 0. The Kier molecular flexibility index (Phi) is 4.96. The minimum Gasteiger partial charge on any atom is -0.195 e. The van der Waals surface area contributed by atoms with Crippen molar-refractivity contribution in [1.29, 1.82) is 0 Å². The number of hydrogen-bond acceptors (Lipinski definition) is 1. The molecule has 0 heterocycles. The van der Waals surface area contributed by atoms with Crippen molar-refractivity contribution in [3.8, 4) is 0 Å². The topological polar surface area (TPSA) is 0 Å². The summed E-state index contributed by atoms with van der Waals surface area (Å²) >= 11 is 0. The Hall–Kier alpha value is 0.700. The van der Waals surface area contributed by atoms with Gasteiger partial charge in [0.05, 0.1) is 0 Å². The molecule has 2 rings (SSSR count). The second-order valence-corrected chi connectivity index (χ2v) is 13.2. The fourth-order valence-corrected chi connectivity index (χ4v) is 9.81. The first-order valence-electron chi connectivity index (χ1n) is 7.09. The first kappa shape index (κ1) is 13.1. The Bertz CT molecular complexity index is 201. The van der Waals surface area contributed by atoms with Gasteiger partial charge in [-0.25, -0.2) is 0 Å². The van der Waals surface area contributed by atoms with E-state index in [-0.39, 0.29) is 9.06 Å². The first-order valence-corrected chi connectivity index (χ1v) is 11.0. The summed E-state index contributed by atoms with van der Waals surface area (Å²) in [6, 6.07) is 0. The molecule has 0 aliphatic heterocycles. The molecule has 0 radical (unpaired) electrons. The maximum atomic E-state index is 2.60. The van der Waals surface area contributed by atoms with Crippen molar-refractivity contribution in [3.05, 3.63) is 0 Å². The highest BCUT2D eigenvalue weighted by atomic mass is 33.2. The quantitative estimate of drug-likeness (QED) is 0.615. The predicted octanol–water partition coefficient (Wildman–Crippen LogP) is 5.36. The van der Waals surface area contributed by atoms with E-state index < -0.39 is 0 Å². The third-order valence-corrected chi connectivity index (χ3v) is 10.7. The van der Waals surface area contributed by atoms with E-state index in [2.05, 4.69) is 23.3 Å². The van der Waals surface area contributed by atoms with E-state index in [1.54, 1.807) is 0 Å². The van der Waals surface area contributed by atoms with Crippen molar-refractivity contribution in [3.63, 3.8) is 0 Å². The van der Waals surface area contributed by atoms with E-state index in [1.165, 1.54) is 64.2 Å². The van der Waals surface area contributed by atoms with Gasteiger partial charge in [0.1, 0.15) is 0 Å². The molecule has 0 unspecified atom stereocenters. The zero-order chi connectivity index (χ0) is 11.4. The van der Waals surface area contributed by atoms with Crippen LogP contribution in [0.4, 0.5) is 0 Å². The van der Waals surface area contributed by atoms with Crippen LogP contribution >= 0.6 is 19.9 Å². The standard InChI is InChI=1S/C14H28S2/c1-16(2,14-11-7-4-8-12-14)15-13-9-5-3-6-10-13/h13-14H,3-12H2,1-2H3. The molecule has 0 nitrogen and oxygen atoms in total. The normalized spacial score (nSPS) is 26.9. The Balaban J connectivity index is 1.84. The number of hydrogen-bond donors (Lipinski definition) is 0. The fourth-order valence-electron chi connectivity index (χ4n) is 3.22. The molecule has 0 aromatic rings. The zero-order valence-electron chi connectivity index (χ0n) is 11.0. The monoisotopic (exact) mass is 260 g/mol. The SMILES string of the molecule is CS(C)(SC1CCCCC1)C1CCCCC1. The molecule has 0 N–H and O–H groups in total. The van der Waals surface area contributed by atoms with Crippen molar-refractivity contribution in [2.75, 3.05) is 12.5 Å². The second-order valence-electron chi connectivity index (χ2n) is 5.93. The van der Waals surface area contributed by atoms with Crippen LogP contribution in [-0.4, -0.2) is 23.0 Å². The molecule has 2 fully saturated rings. The van der Waals surface area contributed by atoms with E-state index in [9.17, 15) is 0 Å². The highest BCUT2D eigenvalue weighted by Crippen LogP contribution is 2.63. The molecular formula is C14H28S2. The van der Waals surface area contributed by atoms with E-state index in [0.717, 1.165) is 10.5 Å². The molecule has 96 valence electrons. The van der Waals surface area contributed by atoms with Crippen molar-refractivity contribution in [1.82, 2.24) is 0 Å². The predicted molar refractivity (Wildman–Crippen MR) is 80.8 cm³/mol. The molecule has 0 aromatic heterocycles. The molecule has 0 amide bonds. The summed E-state index contributed by atoms with van der Waals surface area (Å²) in [6.45, 7) is 0. The van der Waals surface area contributed by atoms with Crippen LogP contribution in [0.15, 0.2) is 0 Å². The van der Waals surface area contributed by atoms with Gasteiger partial charge in [-0.2, -0.15) is 9.06 Å². The molecule has 0 aromatic carbocycles. The third-order valence-electron chi connectivity index (χ3n) is 4.29. The van der Waals surface area contributed by atoms with Crippen molar-refractivity contribution in [2.45, 2.75) is 74.7 Å². The molecule has 2 aliphatic carbocycles. The minimum absolute atomic E-state index is 0.366. The molecular weight excluding hydrogens is 232 g/mol. The average molecular weight is 261 g/mol. The summed E-state index contributed by atoms with van der Waals surface area (Å²) in [5, 5.41) is 2.09. The lowest BCUT2D eigenvalue weighted by molar-refractivity contribution is 0.512. The first-order chi connectivity index (χ1) is 7.68. The van der Waals surface area contributed by atoms with Crippen LogP contribution in [0.3, 0.4) is 0 Å². The van der Waals surface area contributed by atoms with Gasteiger partial charge in [0, 0.05) is 5.25 Å². The minimum atomic E-state index is -0.366. The van der Waals surface area contributed by atoms with Gasteiger partial charge in [-0.3, -0.25) is 0 Å². The summed E-state index contributed by atoms with van der Waals surface area (Å²) in [4.78, 5) is 0. The van der Waals surface area contributed by atoms with E-state index >= 15 is 0 Å². The molecule has 0 saturated heterocycles. The summed E-state index contributed by atoms with van der Waals surface area (Å²) in [6.07, 6.45) is 20.3. The maximum Gasteiger partial charge on any atom is 0.0136 e. The third kappa shape index (κ3) is 3.60. The van der Waals surface area contributed by atoms with E-state index in [0.29, 0.717) is 0 Å². The average Bonchev–Trinajstić information content (AvgIpc) is 2.31. The van der Waals surface area contributed by atoms with Gasteiger partial charge in [0.2, 0.25) is 0 Å². The Morgan fingerprint density at radius 2 is 1.25 bits per heavy atom. The Labute approximate surface area is 107 Å². The van der Waals surface area contributed by atoms with Gasteiger partial charge < -0.3 is 0 Å². The van der Waals surface area contributed by atoms with E-state index in [4.69, 9.17) is 0 Å². The lowest BCUT2D eigenvalue weighted by Gasteiger charge is -2.44. The molecule has 0 spiro atoms. The van der Waals surface area contributed by atoms with Crippen molar-refractivity contribution in [2.24, 2.45) is 0 Å². The highest BCUT2D eigenvalue weighted by Gasteiger charge is 2.30. The van der Waals surface area contributed by atoms with Gasteiger partial charge in [-0.05, 0) is 43.4 Å². The van der Waals surface area contributed by atoms with Gasteiger partial charge in [0.25, 0.3) is 0 Å². The summed E-state index contributed by atoms with van der Waals surface area (Å²) in [5.41, 5.74) is 0.